The van der Waals surface area contributed by atoms with Crippen LogP contribution in [-0.4, -0.2) is 26.1 Å². The van der Waals surface area contributed by atoms with Gasteiger partial charge in [-0.05, 0) is 74.1 Å². The highest BCUT2D eigenvalue weighted by Gasteiger charge is 2.27. The second-order valence-electron chi connectivity index (χ2n) is 9.98. The van der Waals surface area contributed by atoms with Crippen molar-refractivity contribution in [1.82, 2.24) is 5.32 Å². The van der Waals surface area contributed by atoms with E-state index in [0.717, 1.165) is 22.0 Å². The molecule has 31 heavy (non-hydrogen) atoms. The number of amides is 1. The van der Waals surface area contributed by atoms with E-state index in [1.165, 1.54) is 10.6 Å². The number of carbonyl (C=O) groups excluding carboxylic acids is 1. The van der Waals surface area contributed by atoms with Gasteiger partial charge in [-0.2, -0.15) is 0 Å². The van der Waals surface area contributed by atoms with E-state index in [2.05, 4.69) is 42.0 Å². The Hall–Kier alpha value is -1.86. The van der Waals surface area contributed by atoms with Crippen LogP contribution in [0.3, 0.4) is 0 Å². The van der Waals surface area contributed by atoms with Crippen molar-refractivity contribution < 1.29 is 13.2 Å². The van der Waals surface area contributed by atoms with Gasteiger partial charge in [0.1, 0.15) is 0 Å². The molecule has 0 aliphatic carbocycles. The molecule has 1 N–H and O–H groups in total. The second-order valence-corrected chi connectivity index (χ2v) is 12.7. The van der Waals surface area contributed by atoms with Crippen LogP contribution in [0.5, 0.6) is 0 Å². The number of sulfonamides is 1. The number of anilines is 1. The summed E-state index contributed by atoms with van der Waals surface area (Å²) in [7, 11) is -3.47. The van der Waals surface area contributed by atoms with Crippen molar-refractivity contribution in [3.05, 3.63) is 63.6 Å². The summed E-state index contributed by atoms with van der Waals surface area (Å²) in [6, 6.07) is 12.5. The molecule has 2 aromatic rings. The minimum atomic E-state index is -3.47. The van der Waals surface area contributed by atoms with Gasteiger partial charge in [0.05, 0.1) is 18.5 Å². The van der Waals surface area contributed by atoms with E-state index in [1.54, 1.807) is 30.3 Å². The quantitative estimate of drug-likeness (QED) is 0.523. The molecular weight excluding hydrogens is 476 g/mol. The van der Waals surface area contributed by atoms with Crippen molar-refractivity contribution >= 4 is 37.5 Å². The molecule has 0 spiro atoms. The minimum Gasteiger partial charge on any atom is -0.347 e. The van der Waals surface area contributed by atoms with Gasteiger partial charge in [-0.3, -0.25) is 9.10 Å². The number of aryl methyl sites for hydroxylation is 1. The van der Waals surface area contributed by atoms with Crippen LogP contribution >= 0.6 is 15.9 Å². The Morgan fingerprint density at radius 1 is 1.03 bits per heavy atom. The molecule has 0 saturated heterocycles. The summed E-state index contributed by atoms with van der Waals surface area (Å²) in [4.78, 5) is 12.7. The number of hydrogen-bond donors (Lipinski definition) is 1. The molecule has 0 atom stereocenters. The summed E-state index contributed by atoms with van der Waals surface area (Å²) >= 11 is 3.45. The summed E-state index contributed by atoms with van der Waals surface area (Å²) in [5, 5.41) is 3.10. The highest BCUT2D eigenvalue weighted by molar-refractivity contribution is 9.10. The van der Waals surface area contributed by atoms with Crippen LogP contribution in [0.2, 0.25) is 0 Å². The van der Waals surface area contributed by atoms with E-state index in [1.807, 2.05) is 32.9 Å². The number of hydrogen-bond acceptors (Lipinski definition) is 3. The third kappa shape index (κ3) is 7.65. The zero-order valence-electron chi connectivity index (χ0n) is 19.4. The molecule has 1 amide bonds. The average Bonchev–Trinajstić information content (AvgIpc) is 2.59. The fourth-order valence-corrected chi connectivity index (χ4v) is 4.99. The maximum Gasteiger partial charge on any atom is 0.251 e. The number of nitrogens with one attached hydrogen (secondary N) is 1. The van der Waals surface area contributed by atoms with Crippen LogP contribution in [0.4, 0.5) is 5.69 Å². The Balaban J connectivity index is 2.19. The number of benzene rings is 2. The van der Waals surface area contributed by atoms with Crippen LogP contribution in [0.25, 0.3) is 0 Å². The SMILES string of the molecule is Cc1cc(N(Cc2ccc(C(=O)NC(C)(C)CC(C)(C)C)cc2)S(C)(=O)=O)ccc1Br. The van der Waals surface area contributed by atoms with Crippen LogP contribution in [0.1, 0.15) is 62.5 Å². The van der Waals surface area contributed by atoms with Gasteiger partial charge in [-0.25, -0.2) is 8.42 Å². The van der Waals surface area contributed by atoms with E-state index in [0.29, 0.717) is 11.3 Å². The number of rotatable bonds is 7. The predicted octanol–water partition coefficient (Wildman–Crippen LogP) is 5.67. The largest absolute Gasteiger partial charge is 0.347 e. The molecule has 0 saturated carbocycles. The Morgan fingerprint density at radius 2 is 1.61 bits per heavy atom. The van der Waals surface area contributed by atoms with Gasteiger partial charge in [0.15, 0.2) is 0 Å². The summed E-state index contributed by atoms with van der Waals surface area (Å²) in [5.41, 5.74) is 2.68. The maximum atomic E-state index is 12.7. The molecule has 2 aromatic carbocycles. The average molecular weight is 510 g/mol. The predicted molar refractivity (Wildman–Crippen MR) is 132 cm³/mol. The normalized spacial score (nSPS) is 12.5. The van der Waals surface area contributed by atoms with Gasteiger partial charge in [0, 0.05) is 15.6 Å². The van der Waals surface area contributed by atoms with Crippen LogP contribution in [0.15, 0.2) is 46.9 Å². The van der Waals surface area contributed by atoms with E-state index in [9.17, 15) is 13.2 Å². The Labute approximate surface area is 195 Å². The van der Waals surface area contributed by atoms with Crippen molar-refractivity contribution in [2.24, 2.45) is 5.41 Å². The Kier molecular flexibility index (Phi) is 7.64. The molecule has 2 rings (SSSR count). The smallest absolute Gasteiger partial charge is 0.251 e. The number of halogens is 1. The van der Waals surface area contributed by atoms with Crippen molar-refractivity contribution in [2.75, 3.05) is 10.6 Å². The molecule has 0 bridgehead atoms. The lowest BCUT2D eigenvalue weighted by atomic mass is 9.81. The Morgan fingerprint density at radius 3 is 2.10 bits per heavy atom. The van der Waals surface area contributed by atoms with Gasteiger partial charge in [0.2, 0.25) is 10.0 Å². The molecule has 7 heteroatoms. The van der Waals surface area contributed by atoms with Crippen molar-refractivity contribution in [3.8, 4) is 0 Å². The van der Waals surface area contributed by atoms with Crippen molar-refractivity contribution in [1.29, 1.82) is 0 Å². The molecule has 5 nitrogen and oxygen atoms in total. The molecule has 0 fully saturated rings. The summed E-state index contributed by atoms with van der Waals surface area (Å²) in [6.07, 6.45) is 2.04. The first-order valence-corrected chi connectivity index (χ1v) is 12.9. The highest BCUT2D eigenvalue weighted by Crippen LogP contribution is 2.28. The summed E-state index contributed by atoms with van der Waals surface area (Å²) in [5.74, 6) is -0.135. The third-order valence-corrected chi connectivity index (χ3v) is 6.83. The van der Waals surface area contributed by atoms with Crippen LogP contribution < -0.4 is 9.62 Å². The third-order valence-electron chi connectivity index (χ3n) is 4.80. The van der Waals surface area contributed by atoms with Gasteiger partial charge in [-0.15, -0.1) is 0 Å². The first kappa shape index (κ1) is 25.4. The maximum absolute atomic E-state index is 12.7. The van der Waals surface area contributed by atoms with E-state index in [4.69, 9.17) is 0 Å². The molecule has 0 heterocycles. The fraction of sp³-hybridized carbons (Fsp3) is 0.458. The molecule has 0 aliphatic rings. The zero-order valence-corrected chi connectivity index (χ0v) is 21.8. The van der Waals surface area contributed by atoms with Crippen LogP contribution in [0, 0.1) is 12.3 Å². The van der Waals surface area contributed by atoms with Gasteiger partial charge < -0.3 is 5.32 Å². The van der Waals surface area contributed by atoms with Gasteiger partial charge >= 0.3 is 0 Å². The van der Waals surface area contributed by atoms with E-state index in [-0.39, 0.29) is 23.4 Å². The monoisotopic (exact) mass is 508 g/mol. The van der Waals surface area contributed by atoms with Gasteiger partial charge in [-0.1, -0.05) is 48.8 Å². The van der Waals surface area contributed by atoms with Gasteiger partial charge in [0.25, 0.3) is 5.91 Å². The van der Waals surface area contributed by atoms with E-state index >= 15 is 0 Å². The Bertz CT molecular complexity index is 1040. The molecule has 170 valence electrons. The van der Waals surface area contributed by atoms with Crippen molar-refractivity contribution in [3.63, 3.8) is 0 Å². The molecular formula is C24H33BrN2O3S. The molecule has 0 radical (unpaired) electrons. The first-order chi connectivity index (χ1) is 14.1. The fourth-order valence-electron chi connectivity index (χ4n) is 3.86. The van der Waals surface area contributed by atoms with E-state index < -0.39 is 10.0 Å². The zero-order chi connectivity index (χ0) is 23.6. The molecule has 0 unspecified atom stereocenters. The lowest BCUT2D eigenvalue weighted by molar-refractivity contribution is 0.0891. The lowest BCUT2D eigenvalue weighted by Gasteiger charge is -2.33. The number of carbonyl (C=O) groups is 1. The molecule has 0 aromatic heterocycles. The summed E-state index contributed by atoms with van der Waals surface area (Å²) < 4.78 is 27.2. The molecule has 0 aliphatic heterocycles. The van der Waals surface area contributed by atoms with Crippen LogP contribution in [-0.2, 0) is 16.6 Å². The summed E-state index contributed by atoms with van der Waals surface area (Å²) in [6.45, 7) is 12.6. The highest BCUT2D eigenvalue weighted by atomic mass is 79.9. The lowest BCUT2D eigenvalue weighted by Crippen LogP contribution is -2.45. The number of nitrogens with zero attached hydrogens (tertiary/aromatic N) is 1. The van der Waals surface area contributed by atoms with Crippen molar-refractivity contribution in [2.45, 2.75) is 60.0 Å². The second kappa shape index (κ2) is 9.33. The first-order valence-electron chi connectivity index (χ1n) is 10.2. The topological polar surface area (TPSA) is 66.5 Å². The minimum absolute atomic E-state index is 0.0983. The standard InChI is InChI=1S/C24H33BrN2O3S/c1-17-14-20(12-13-21(17)25)27(31(7,29)30)15-18-8-10-19(11-9-18)22(28)26-24(5,6)16-23(2,3)4/h8-14H,15-16H2,1-7H3,(H,26,28).